The second-order valence-electron chi connectivity index (χ2n) is 3.58. The van der Waals surface area contributed by atoms with E-state index in [4.69, 9.17) is 5.73 Å². The summed E-state index contributed by atoms with van der Waals surface area (Å²) in [7, 11) is 0. The lowest BCUT2D eigenvalue weighted by molar-refractivity contribution is 0.251. The molecule has 0 aromatic heterocycles. The highest BCUT2D eigenvalue weighted by molar-refractivity contribution is 5.73. The van der Waals surface area contributed by atoms with Gasteiger partial charge in [-0.2, -0.15) is 0 Å². The highest BCUT2D eigenvalue weighted by Crippen LogP contribution is 2.26. The predicted molar refractivity (Wildman–Crippen MR) is 52.7 cm³/mol. The van der Waals surface area contributed by atoms with Crippen LogP contribution in [0.1, 0.15) is 32.1 Å². The van der Waals surface area contributed by atoms with Crippen molar-refractivity contribution in [3.8, 4) is 0 Å². The van der Waals surface area contributed by atoms with Crippen LogP contribution >= 0.6 is 0 Å². The summed E-state index contributed by atoms with van der Waals surface area (Å²) in [5.74, 6) is 0.577. The number of urea groups is 1. The topological polar surface area (TPSA) is 55.1 Å². The lowest BCUT2D eigenvalue weighted by Gasteiger charge is -2.21. The Morgan fingerprint density at radius 1 is 1.38 bits per heavy atom. The van der Waals surface area contributed by atoms with E-state index < -0.39 is 6.03 Å². The first-order valence-corrected chi connectivity index (χ1v) is 4.78. The fourth-order valence-corrected chi connectivity index (χ4v) is 1.79. The molecular weight excluding hydrogens is 164 g/mol. The van der Waals surface area contributed by atoms with Gasteiger partial charge < -0.3 is 11.1 Å². The largest absolute Gasteiger partial charge is 0.351 e. The van der Waals surface area contributed by atoms with Crippen molar-refractivity contribution in [2.45, 2.75) is 32.1 Å². The number of nitrogens with two attached hydrogens (primary N) is 1. The van der Waals surface area contributed by atoms with Crippen molar-refractivity contribution in [2.75, 3.05) is 0 Å². The Morgan fingerprint density at radius 2 is 2.00 bits per heavy atom. The van der Waals surface area contributed by atoms with E-state index in [1.807, 2.05) is 6.42 Å². The van der Waals surface area contributed by atoms with E-state index in [0.29, 0.717) is 11.6 Å². The predicted octanol–water partition coefficient (Wildman–Crippen LogP) is 1.95. The average molecular weight is 181 g/mol. The van der Waals surface area contributed by atoms with Gasteiger partial charge in [0.05, 0.1) is 0 Å². The molecule has 1 aliphatic carbocycles. The molecule has 13 heavy (non-hydrogen) atoms. The lowest BCUT2D eigenvalue weighted by atomic mass is 9.86. The molecule has 0 aromatic carbocycles. The van der Waals surface area contributed by atoms with Crippen molar-refractivity contribution in [3.05, 3.63) is 18.7 Å². The van der Waals surface area contributed by atoms with Crippen LogP contribution in [0.15, 0.2) is 12.3 Å². The van der Waals surface area contributed by atoms with Gasteiger partial charge in [0.2, 0.25) is 0 Å². The zero-order valence-corrected chi connectivity index (χ0v) is 7.88. The molecule has 1 saturated carbocycles. The SMILES string of the molecule is C=C([CH]C1CCCCC1)NC(N)=O. The molecule has 0 aliphatic heterocycles. The molecule has 0 heterocycles. The van der Waals surface area contributed by atoms with Crippen LogP contribution in [0.2, 0.25) is 0 Å². The van der Waals surface area contributed by atoms with Gasteiger partial charge in [-0.15, -0.1) is 0 Å². The number of rotatable bonds is 3. The summed E-state index contributed by atoms with van der Waals surface area (Å²) in [6.07, 6.45) is 8.33. The maximum absolute atomic E-state index is 10.5. The molecule has 73 valence electrons. The van der Waals surface area contributed by atoms with Crippen molar-refractivity contribution < 1.29 is 4.79 Å². The Hall–Kier alpha value is -0.990. The molecule has 3 nitrogen and oxygen atoms in total. The molecule has 1 rings (SSSR count). The lowest BCUT2D eigenvalue weighted by Crippen LogP contribution is -2.29. The van der Waals surface area contributed by atoms with Crippen molar-refractivity contribution in [2.24, 2.45) is 11.7 Å². The first-order valence-electron chi connectivity index (χ1n) is 4.78. The molecule has 1 aliphatic rings. The van der Waals surface area contributed by atoms with E-state index in [0.717, 1.165) is 0 Å². The number of allylic oxidation sites excluding steroid dienone is 1. The molecule has 3 N–H and O–H groups in total. The summed E-state index contributed by atoms with van der Waals surface area (Å²) in [6, 6.07) is -0.531. The zero-order valence-electron chi connectivity index (χ0n) is 7.88. The maximum atomic E-state index is 10.5. The van der Waals surface area contributed by atoms with E-state index in [2.05, 4.69) is 11.9 Å². The van der Waals surface area contributed by atoms with E-state index in [9.17, 15) is 4.79 Å². The minimum atomic E-state index is -0.531. The Morgan fingerprint density at radius 3 is 2.54 bits per heavy atom. The summed E-state index contributed by atoms with van der Waals surface area (Å²) in [4.78, 5) is 10.5. The number of carbonyl (C=O) groups excluding carboxylic acids is 1. The molecule has 2 amide bonds. The summed E-state index contributed by atoms with van der Waals surface area (Å²) >= 11 is 0. The van der Waals surface area contributed by atoms with Gasteiger partial charge in [0.15, 0.2) is 0 Å². The van der Waals surface area contributed by atoms with E-state index >= 15 is 0 Å². The van der Waals surface area contributed by atoms with Gasteiger partial charge >= 0.3 is 6.03 Å². The van der Waals surface area contributed by atoms with Crippen LogP contribution < -0.4 is 11.1 Å². The standard InChI is InChI=1S/C10H17N2O/c1-8(12-10(11)13)7-9-5-3-2-4-6-9/h7,9H,1-6H2,(H3,11,12,13). The first kappa shape index (κ1) is 10.1. The van der Waals surface area contributed by atoms with Crippen LogP contribution in [0.3, 0.4) is 0 Å². The van der Waals surface area contributed by atoms with Gasteiger partial charge in [-0.05, 0) is 18.8 Å². The number of nitrogens with one attached hydrogen (secondary N) is 1. The Kier molecular flexibility index (Phi) is 3.80. The van der Waals surface area contributed by atoms with E-state index in [1.54, 1.807) is 0 Å². The Labute approximate surface area is 79.4 Å². The minimum Gasteiger partial charge on any atom is -0.351 e. The monoisotopic (exact) mass is 181 g/mol. The molecule has 0 atom stereocenters. The molecule has 1 radical (unpaired) electrons. The fraction of sp³-hybridized carbons (Fsp3) is 0.600. The Balaban J connectivity index is 2.22. The minimum absolute atomic E-state index is 0.531. The molecular formula is C10H17N2O. The van der Waals surface area contributed by atoms with Gasteiger partial charge in [-0.1, -0.05) is 25.8 Å². The molecule has 0 unspecified atom stereocenters. The highest BCUT2D eigenvalue weighted by atomic mass is 16.2. The third kappa shape index (κ3) is 3.97. The Bertz CT molecular complexity index is 195. The van der Waals surface area contributed by atoms with E-state index in [1.165, 1.54) is 32.1 Å². The van der Waals surface area contributed by atoms with Crippen LogP contribution in [0.25, 0.3) is 0 Å². The van der Waals surface area contributed by atoms with Crippen LogP contribution in [0, 0.1) is 12.3 Å². The molecule has 1 fully saturated rings. The van der Waals surface area contributed by atoms with Gasteiger partial charge in [0.25, 0.3) is 0 Å². The molecule has 0 spiro atoms. The smallest absolute Gasteiger partial charge is 0.316 e. The van der Waals surface area contributed by atoms with Gasteiger partial charge in [-0.25, -0.2) is 4.79 Å². The third-order valence-corrected chi connectivity index (χ3v) is 2.37. The second kappa shape index (κ2) is 4.90. The van der Waals surface area contributed by atoms with Crippen LogP contribution in [0.5, 0.6) is 0 Å². The second-order valence-corrected chi connectivity index (χ2v) is 3.58. The van der Waals surface area contributed by atoms with Crippen molar-refractivity contribution in [1.29, 1.82) is 0 Å². The van der Waals surface area contributed by atoms with Crippen LogP contribution in [0.4, 0.5) is 4.79 Å². The summed E-state index contributed by atoms with van der Waals surface area (Å²) in [6.45, 7) is 3.72. The number of hydrogen-bond acceptors (Lipinski definition) is 1. The first-order chi connectivity index (χ1) is 6.18. The van der Waals surface area contributed by atoms with E-state index in [-0.39, 0.29) is 0 Å². The normalized spacial score (nSPS) is 18.2. The summed E-state index contributed by atoms with van der Waals surface area (Å²) in [5, 5.41) is 2.48. The van der Waals surface area contributed by atoms with Crippen molar-refractivity contribution >= 4 is 6.03 Å². The van der Waals surface area contributed by atoms with Gasteiger partial charge in [0, 0.05) is 12.1 Å². The fourth-order valence-electron chi connectivity index (χ4n) is 1.79. The maximum Gasteiger partial charge on any atom is 0.316 e. The highest BCUT2D eigenvalue weighted by Gasteiger charge is 2.14. The number of carbonyl (C=O) groups is 1. The summed E-state index contributed by atoms with van der Waals surface area (Å²) in [5.41, 5.74) is 5.61. The number of primary amides is 1. The zero-order chi connectivity index (χ0) is 9.68. The van der Waals surface area contributed by atoms with Gasteiger partial charge in [0.1, 0.15) is 0 Å². The molecule has 0 bridgehead atoms. The number of amides is 2. The molecule has 0 saturated heterocycles. The van der Waals surface area contributed by atoms with Crippen molar-refractivity contribution in [1.82, 2.24) is 5.32 Å². The quantitative estimate of drug-likeness (QED) is 0.687. The number of hydrogen-bond donors (Lipinski definition) is 2. The van der Waals surface area contributed by atoms with Crippen LogP contribution in [-0.4, -0.2) is 6.03 Å². The molecule has 0 aromatic rings. The van der Waals surface area contributed by atoms with Gasteiger partial charge in [-0.3, -0.25) is 0 Å². The average Bonchev–Trinajstić information content (AvgIpc) is 2.04. The van der Waals surface area contributed by atoms with Crippen molar-refractivity contribution in [3.63, 3.8) is 0 Å². The summed E-state index contributed by atoms with van der Waals surface area (Å²) < 4.78 is 0. The molecule has 3 heteroatoms. The third-order valence-electron chi connectivity index (χ3n) is 2.37. The van der Waals surface area contributed by atoms with Crippen LogP contribution in [-0.2, 0) is 0 Å².